The lowest BCUT2D eigenvalue weighted by Gasteiger charge is -2.87. The molecule has 0 N–H and O–H groups in total. The van der Waals surface area contributed by atoms with E-state index < -0.39 is 8.29 Å². The smallest absolute Gasteiger partial charge is 0.138 e. The Morgan fingerprint density at radius 1 is 0.806 bits per heavy atom. The van der Waals surface area contributed by atoms with Crippen molar-refractivity contribution in [2.45, 2.75) is 133 Å². The van der Waals surface area contributed by atoms with Crippen molar-refractivity contribution in [2.24, 2.45) is 11.8 Å². The molecular formula is C34H50OS. The van der Waals surface area contributed by atoms with E-state index in [1.54, 1.807) is 0 Å². The van der Waals surface area contributed by atoms with Gasteiger partial charge in [-0.15, -0.1) is 0 Å². The molecule has 0 saturated heterocycles. The molecule has 0 bridgehead atoms. The van der Waals surface area contributed by atoms with E-state index in [-0.39, 0.29) is 0 Å². The minimum Gasteiger partial charge on any atom is -0.464 e. The molecule has 1 aromatic rings. The standard InChI is InChI=1S/C34H50OS/c1-3-30-32(25-20-21-25)34(31-19-12-24-35-31)36(2,29-17-10-11-18-29,33(30)26-22-23-26,27-13-6-4-7-14-27)28-15-8-5-9-16-28/h12-13,19,24-26,28-29H,3-11,14-18,20-23H2,1-2H3. The van der Waals surface area contributed by atoms with Crippen molar-refractivity contribution in [3.8, 4) is 0 Å². The Kier molecular flexibility index (Phi) is 5.43. The highest BCUT2D eigenvalue weighted by Crippen LogP contribution is 3.12. The van der Waals surface area contributed by atoms with Crippen LogP contribution in [0.2, 0.25) is 0 Å². The topological polar surface area (TPSA) is 13.1 Å². The maximum absolute atomic E-state index is 6.67. The molecule has 5 aliphatic carbocycles. The van der Waals surface area contributed by atoms with Crippen LogP contribution in [0.4, 0.5) is 0 Å². The Hall–Kier alpha value is -1.15. The van der Waals surface area contributed by atoms with E-state index in [2.05, 4.69) is 36.3 Å². The summed E-state index contributed by atoms with van der Waals surface area (Å²) in [4.78, 5) is 5.95. The summed E-state index contributed by atoms with van der Waals surface area (Å²) in [5, 5.41) is 1.67. The largest absolute Gasteiger partial charge is 0.464 e. The number of hydrogen-bond acceptors (Lipinski definition) is 1. The predicted octanol–water partition coefficient (Wildman–Crippen LogP) is 10.7. The van der Waals surface area contributed by atoms with Crippen LogP contribution in [0.15, 0.2) is 49.8 Å². The molecule has 1 nitrogen and oxygen atoms in total. The number of hydrogen-bond donors (Lipinski definition) is 0. The second-order valence-electron chi connectivity index (χ2n) is 13.8. The van der Waals surface area contributed by atoms with Crippen molar-refractivity contribution in [1.82, 2.24) is 0 Å². The van der Waals surface area contributed by atoms with Gasteiger partial charge in [-0.3, -0.25) is 0 Å². The van der Waals surface area contributed by atoms with Gasteiger partial charge in [-0.1, -0.05) is 45.1 Å². The summed E-state index contributed by atoms with van der Waals surface area (Å²) in [5.41, 5.74) is 3.72. The molecule has 7 rings (SSSR count). The average molecular weight is 507 g/mol. The molecule has 0 amide bonds. The van der Waals surface area contributed by atoms with Crippen molar-refractivity contribution >= 4 is 13.2 Å². The molecule has 1 aromatic heterocycles. The molecule has 36 heavy (non-hydrogen) atoms. The number of rotatable bonds is 7. The highest BCUT2D eigenvalue weighted by atomic mass is 32.4. The second-order valence-corrected chi connectivity index (χ2v) is 21.0. The van der Waals surface area contributed by atoms with Crippen molar-refractivity contribution in [1.29, 1.82) is 0 Å². The van der Waals surface area contributed by atoms with Crippen LogP contribution < -0.4 is 0 Å². The van der Waals surface area contributed by atoms with E-state index in [4.69, 9.17) is 4.42 Å². The third-order valence-electron chi connectivity index (χ3n) is 12.2. The summed E-state index contributed by atoms with van der Waals surface area (Å²) in [5.74, 6) is 2.94. The van der Waals surface area contributed by atoms with Gasteiger partial charge in [-0.2, -0.15) is 0 Å². The van der Waals surface area contributed by atoms with Crippen LogP contribution in [0, 0.1) is 11.8 Å². The first-order chi connectivity index (χ1) is 17.6. The lowest BCUT2D eigenvalue weighted by atomic mass is 9.96. The lowest BCUT2D eigenvalue weighted by molar-refractivity contribution is 0.503. The minimum atomic E-state index is -3.09. The van der Waals surface area contributed by atoms with Crippen LogP contribution >= 0.6 is 8.29 Å². The number of allylic oxidation sites excluding steroid dienone is 5. The summed E-state index contributed by atoms with van der Waals surface area (Å²) < 4.78 is 6.67. The van der Waals surface area contributed by atoms with Crippen molar-refractivity contribution in [2.75, 3.05) is 6.26 Å². The average Bonchev–Trinajstić information content (AvgIpc) is 3.80. The van der Waals surface area contributed by atoms with Crippen LogP contribution in [0.25, 0.3) is 4.91 Å². The fourth-order valence-electron chi connectivity index (χ4n) is 10.7. The molecule has 2 heteroatoms. The SMILES string of the molecule is CCC1=C(C2CC2)S(C)(C2=CCCCC2)(C2CCCCC2)(C2CCCC2)C(c2ccco2)=C1C1CC1. The van der Waals surface area contributed by atoms with Crippen LogP contribution in [-0.2, 0) is 0 Å². The Labute approximate surface area is 219 Å². The van der Waals surface area contributed by atoms with Crippen molar-refractivity contribution in [3.63, 3.8) is 0 Å². The van der Waals surface area contributed by atoms with E-state index >= 15 is 0 Å². The van der Waals surface area contributed by atoms with Crippen LogP contribution in [0.1, 0.15) is 128 Å². The fourth-order valence-corrected chi connectivity index (χ4v) is 23.3. The Morgan fingerprint density at radius 3 is 2.00 bits per heavy atom. The van der Waals surface area contributed by atoms with E-state index in [0.717, 1.165) is 22.3 Å². The molecule has 0 radical (unpaired) electrons. The first-order valence-corrected chi connectivity index (χ1v) is 18.8. The Morgan fingerprint density at radius 2 is 1.47 bits per heavy atom. The fraction of sp³-hybridized carbons (Fsp3) is 0.706. The van der Waals surface area contributed by atoms with Crippen LogP contribution in [0.5, 0.6) is 0 Å². The summed E-state index contributed by atoms with van der Waals surface area (Å²) in [6, 6.07) is 4.62. The zero-order valence-electron chi connectivity index (χ0n) is 23.2. The molecule has 0 atom stereocenters. The van der Waals surface area contributed by atoms with Gasteiger partial charge in [0.05, 0.1) is 6.26 Å². The van der Waals surface area contributed by atoms with Gasteiger partial charge in [-0.05, 0) is 145 Å². The zero-order chi connectivity index (χ0) is 24.4. The molecule has 0 spiro atoms. The highest BCUT2D eigenvalue weighted by Gasteiger charge is 2.78. The quantitative estimate of drug-likeness (QED) is 0.358. The van der Waals surface area contributed by atoms with E-state index in [1.165, 1.54) is 121 Å². The molecule has 4 saturated carbocycles. The molecule has 1 aliphatic heterocycles. The van der Waals surface area contributed by atoms with Gasteiger partial charge in [0.25, 0.3) is 0 Å². The summed E-state index contributed by atoms with van der Waals surface area (Å²) in [6.07, 6.45) is 33.4. The van der Waals surface area contributed by atoms with Crippen molar-refractivity contribution < 1.29 is 4.42 Å². The third kappa shape index (κ3) is 2.71. The van der Waals surface area contributed by atoms with Gasteiger partial charge in [0.2, 0.25) is 0 Å². The molecule has 0 unspecified atom stereocenters. The Balaban J connectivity index is 1.71. The van der Waals surface area contributed by atoms with Crippen molar-refractivity contribution in [3.05, 3.63) is 51.2 Å². The molecule has 198 valence electrons. The molecule has 6 aliphatic rings. The zero-order valence-corrected chi connectivity index (χ0v) is 24.0. The van der Waals surface area contributed by atoms with E-state index in [9.17, 15) is 0 Å². The maximum Gasteiger partial charge on any atom is 0.138 e. The van der Waals surface area contributed by atoms with Crippen LogP contribution in [0.3, 0.4) is 0 Å². The van der Waals surface area contributed by atoms with Gasteiger partial charge in [0.15, 0.2) is 0 Å². The van der Waals surface area contributed by atoms with E-state index in [0.29, 0.717) is 0 Å². The monoisotopic (exact) mass is 506 g/mol. The summed E-state index contributed by atoms with van der Waals surface area (Å²) >= 11 is 0. The van der Waals surface area contributed by atoms with Gasteiger partial charge >= 0.3 is 0 Å². The molecule has 4 fully saturated rings. The highest BCUT2D eigenvalue weighted by molar-refractivity contribution is 8.76. The molecule has 0 aromatic carbocycles. The van der Waals surface area contributed by atoms with Gasteiger partial charge in [-0.25, -0.2) is 8.29 Å². The van der Waals surface area contributed by atoms with Gasteiger partial charge in [0.1, 0.15) is 5.76 Å². The normalized spacial score (nSPS) is 32.7. The van der Waals surface area contributed by atoms with Gasteiger partial charge in [0, 0.05) is 4.91 Å². The number of furan rings is 1. The van der Waals surface area contributed by atoms with Crippen LogP contribution in [-0.4, -0.2) is 16.8 Å². The first kappa shape index (κ1) is 23.9. The maximum atomic E-state index is 6.67. The summed E-state index contributed by atoms with van der Waals surface area (Å²) in [7, 11) is -3.09. The third-order valence-corrected chi connectivity index (χ3v) is 23.0. The molecule has 2 heterocycles. The summed E-state index contributed by atoms with van der Waals surface area (Å²) in [6.45, 7) is 2.52. The van der Waals surface area contributed by atoms with E-state index in [1.807, 2.05) is 27.2 Å². The minimum absolute atomic E-state index is 0.792. The van der Waals surface area contributed by atoms with Gasteiger partial charge < -0.3 is 4.42 Å². The lowest BCUT2D eigenvalue weighted by Crippen LogP contribution is -2.55. The second kappa shape index (κ2) is 8.17. The Bertz CT molecular complexity index is 1130. The predicted molar refractivity (Wildman–Crippen MR) is 158 cm³/mol. The first-order valence-electron chi connectivity index (χ1n) is 15.8. The molecular weight excluding hydrogens is 456 g/mol.